The largest absolute Gasteiger partial charge is 0.452 e. The minimum Gasteiger partial charge on any atom is -0.452 e. The molecule has 2 rings (SSSR count). The highest BCUT2D eigenvalue weighted by molar-refractivity contribution is 9.10. The third-order valence-corrected chi connectivity index (χ3v) is 3.95. The fourth-order valence-corrected chi connectivity index (χ4v) is 2.59. The Balaban J connectivity index is 1.86. The lowest BCUT2D eigenvalue weighted by Gasteiger charge is -2.17. The lowest BCUT2D eigenvalue weighted by atomic mass is 10.1. The summed E-state index contributed by atoms with van der Waals surface area (Å²) in [4.78, 5) is 13.8. The number of hydrogen-bond donors (Lipinski definition) is 1. The zero-order valence-corrected chi connectivity index (χ0v) is 15.6. The summed E-state index contributed by atoms with van der Waals surface area (Å²) in [6.07, 6.45) is 0.993. The molecular weight excluding hydrogens is 372 g/mol. The number of nitrogens with zero attached hydrogens (tertiary/aromatic N) is 1. The monoisotopic (exact) mass is 394 g/mol. The van der Waals surface area contributed by atoms with Gasteiger partial charge >= 0.3 is 6.03 Å². The van der Waals surface area contributed by atoms with Crippen molar-refractivity contribution in [3.8, 4) is 0 Å². The molecule has 0 aliphatic rings. The molecule has 0 spiro atoms. The van der Waals surface area contributed by atoms with Gasteiger partial charge < -0.3 is 19.4 Å². The van der Waals surface area contributed by atoms with Crippen molar-refractivity contribution < 1.29 is 13.9 Å². The number of ether oxygens (including phenoxy) is 1. The maximum Gasteiger partial charge on any atom is 0.317 e. The van der Waals surface area contributed by atoms with E-state index in [1.54, 1.807) is 11.9 Å². The Kier molecular flexibility index (Phi) is 7.34. The molecule has 6 heteroatoms. The molecular formula is C18H23BrN2O3. The Labute approximate surface area is 151 Å². The molecule has 0 bridgehead atoms. The summed E-state index contributed by atoms with van der Waals surface area (Å²) in [5.74, 6) is 0.730. The molecule has 2 amide bonds. The maximum absolute atomic E-state index is 12.2. The van der Waals surface area contributed by atoms with E-state index >= 15 is 0 Å². The number of hydrogen-bond acceptors (Lipinski definition) is 3. The number of halogens is 1. The summed E-state index contributed by atoms with van der Waals surface area (Å²) in [6.45, 7) is 4.27. The van der Waals surface area contributed by atoms with Gasteiger partial charge in [-0.05, 0) is 45.6 Å². The van der Waals surface area contributed by atoms with Gasteiger partial charge in [-0.1, -0.05) is 31.2 Å². The zero-order chi connectivity index (χ0) is 17.4. The lowest BCUT2D eigenvalue weighted by Crippen LogP contribution is -2.36. The molecule has 24 heavy (non-hydrogen) atoms. The van der Waals surface area contributed by atoms with Crippen LogP contribution in [-0.2, 0) is 24.4 Å². The van der Waals surface area contributed by atoms with E-state index in [9.17, 15) is 4.79 Å². The van der Waals surface area contributed by atoms with Crippen LogP contribution < -0.4 is 5.32 Å². The summed E-state index contributed by atoms with van der Waals surface area (Å²) in [6, 6.07) is 11.5. The molecule has 0 saturated heterocycles. The Morgan fingerprint density at radius 2 is 2.00 bits per heavy atom. The molecule has 1 N–H and O–H groups in total. The van der Waals surface area contributed by atoms with Crippen LogP contribution in [0.15, 0.2) is 45.5 Å². The highest BCUT2D eigenvalue weighted by atomic mass is 79.9. The molecule has 2 aromatic rings. The molecule has 0 saturated carbocycles. The predicted octanol–water partition coefficient (Wildman–Crippen LogP) is 4.31. The van der Waals surface area contributed by atoms with Crippen molar-refractivity contribution in [3.63, 3.8) is 0 Å². The van der Waals surface area contributed by atoms with Crippen molar-refractivity contribution in [2.45, 2.75) is 33.0 Å². The van der Waals surface area contributed by atoms with Gasteiger partial charge in [-0.25, -0.2) is 4.79 Å². The van der Waals surface area contributed by atoms with Crippen molar-refractivity contribution >= 4 is 22.0 Å². The highest BCUT2D eigenvalue weighted by Crippen LogP contribution is 2.15. The second-order valence-electron chi connectivity index (χ2n) is 5.54. The van der Waals surface area contributed by atoms with Gasteiger partial charge in [0.1, 0.15) is 5.76 Å². The van der Waals surface area contributed by atoms with Gasteiger partial charge in [0.15, 0.2) is 4.67 Å². The van der Waals surface area contributed by atoms with Crippen LogP contribution >= 0.6 is 15.9 Å². The lowest BCUT2D eigenvalue weighted by molar-refractivity contribution is 0.121. The van der Waals surface area contributed by atoms with Crippen molar-refractivity contribution in [1.29, 1.82) is 0 Å². The smallest absolute Gasteiger partial charge is 0.317 e. The van der Waals surface area contributed by atoms with Gasteiger partial charge in [0.25, 0.3) is 0 Å². The van der Waals surface area contributed by atoms with Crippen molar-refractivity contribution in [2.75, 3.05) is 13.7 Å². The van der Waals surface area contributed by atoms with E-state index in [1.165, 1.54) is 0 Å². The average molecular weight is 395 g/mol. The summed E-state index contributed by atoms with van der Waals surface area (Å²) in [5, 5.41) is 2.93. The predicted molar refractivity (Wildman–Crippen MR) is 96.5 cm³/mol. The zero-order valence-electron chi connectivity index (χ0n) is 14.0. The van der Waals surface area contributed by atoms with Gasteiger partial charge in [-0.2, -0.15) is 0 Å². The molecule has 1 aromatic heterocycles. The molecule has 0 unspecified atom stereocenters. The molecule has 1 aromatic carbocycles. The minimum absolute atomic E-state index is 0.146. The Morgan fingerprint density at radius 3 is 2.67 bits per heavy atom. The van der Waals surface area contributed by atoms with Crippen molar-refractivity contribution in [1.82, 2.24) is 10.2 Å². The van der Waals surface area contributed by atoms with E-state index in [4.69, 9.17) is 9.15 Å². The first-order valence-electron chi connectivity index (χ1n) is 7.98. The second-order valence-corrected chi connectivity index (χ2v) is 6.32. The fourth-order valence-electron chi connectivity index (χ4n) is 2.25. The number of nitrogens with one attached hydrogen (secondary N) is 1. The number of amides is 2. The van der Waals surface area contributed by atoms with Crippen LogP contribution in [0.4, 0.5) is 4.79 Å². The Bertz CT molecular complexity index is 657. The van der Waals surface area contributed by atoms with Crippen LogP contribution in [0.25, 0.3) is 0 Å². The number of carbonyl (C=O) groups excluding carboxylic acids is 1. The van der Waals surface area contributed by atoms with Gasteiger partial charge in [0.2, 0.25) is 0 Å². The van der Waals surface area contributed by atoms with Crippen LogP contribution in [-0.4, -0.2) is 24.6 Å². The third-order valence-electron chi connectivity index (χ3n) is 3.52. The average Bonchev–Trinajstić information content (AvgIpc) is 2.98. The number of urea groups is 1. The van der Waals surface area contributed by atoms with Gasteiger partial charge in [0.05, 0.1) is 13.2 Å². The van der Waals surface area contributed by atoms with Gasteiger partial charge in [-0.15, -0.1) is 0 Å². The van der Waals surface area contributed by atoms with Crippen LogP contribution in [0.3, 0.4) is 0 Å². The van der Waals surface area contributed by atoms with E-state index in [2.05, 4.69) is 28.2 Å². The van der Waals surface area contributed by atoms with Crippen LogP contribution in [0.2, 0.25) is 0 Å². The first-order valence-corrected chi connectivity index (χ1v) is 8.77. The van der Waals surface area contributed by atoms with E-state index in [0.29, 0.717) is 24.4 Å². The number of carbonyl (C=O) groups is 1. The van der Waals surface area contributed by atoms with Crippen LogP contribution in [0, 0.1) is 0 Å². The van der Waals surface area contributed by atoms with Crippen LogP contribution in [0.5, 0.6) is 0 Å². The molecule has 0 fully saturated rings. The molecule has 0 aliphatic heterocycles. The van der Waals surface area contributed by atoms with E-state index in [-0.39, 0.29) is 6.03 Å². The molecule has 0 atom stereocenters. The summed E-state index contributed by atoms with van der Waals surface area (Å²) in [5.41, 5.74) is 2.17. The second kappa shape index (κ2) is 9.49. The van der Waals surface area contributed by atoms with Gasteiger partial charge in [-0.3, -0.25) is 0 Å². The van der Waals surface area contributed by atoms with E-state index < -0.39 is 0 Å². The van der Waals surface area contributed by atoms with Crippen molar-refractivity contribution in [3.05, 3.63) is 58.0 Å². The Hall–Kier alpha value is -1.79. The maximum atomic E-state index is 12.2. The summed E-state index contributed by atoms with van der Waals surface area (Å²) in [7, 11) is 1.74. The molecule has 0 aliphatic carbocycles. The first kappa shape index (κ1) is 18.5. The molecule has 130 valence electrons. The minimum atomic E-state index is -0.146. The fraction of sp³-hybridized carbons (Fsp3) is 0.389. The highest BCUT2D eigenvalue weighted by Gasteiger charge is 2.12. The Morgan fingerprint density at radius 1 is 1.25 bits per heavy atom. The summed E-state index contributed by atoms with van der Waals surface area (Å²) >= 11 is 3.26. The van der Waals surface area contributed by atoms with E-state index in [1.807, 2.05) is 36.4 Å². The summed E-state index contributed by atoms with van der Waals surface area (Å²) < 4.78 is 11.7. The molecule has 1 heterocycles. The van der Waals surface area contributed by atoms with E-state index in [0.717, 1.165) is 29.9 Å². The third kappa shape index (κ3) is 5.69. The normalized spacial score (nSPS) is 10.6. The first-order chi connectivity index (χ1) is 11.6. The van der Waals surface area contributed by atoms with Crippen molar-refractivity contribution in [2.24, 2.45) is 0 Å². The van der Waals surface area contributed by atoms with Crippen LogP contribution in [0.1, 0.15) is 30.2 Å². The molecule has 5 nitrogen and oxygen atoms in total. The SMILES string of the molecule is CCCOCc1ccccc1CNC(=O)N(C)Cc1ccc(Br)o1. The molecule has 0 radical (unpaired) electrons. The topological polar surface area (TPSA) is 54.7 Å². The number of rotatable bonds is 8. The quantitative estimate of drug-likeness (QED) is 0.678. The van der Waals surface area contributed by atoms with Gasteiger partial charge in [0, 0.05) is 20.2 Å². The standard InChI is InChI=1S/C18H23BrN2O3/c1-3-10-23-13-15-7-5-4-6-14(15)11-20-18(22)21(2)12-16-8-9-17(19)24-16/h4-9H,3,10-13H2,1-2H3,(H,20,22). The number of benzene rings is 1. The number of furan rings is 1.